The quantitative estimate of drug-likeness (QED) is 0.591. The Morgan fingerprint density at radius 3 is 2.47 bits per heavy atom. The molecule has 1 unspecified atom stereocenters. The summed E-state index contributed by atoms with van der Waals surface area (Å²) >= 11 is 3.49. The van der Waals surface area contributed by atoms with Gasteiger partial charge in [-0.3, -0.25) is 0 Å². The van der Waals surface area contributed by atoms with Crippen LogP contribution in [0.4, 0.5) is 0 Å². The molecule has 0 bridgehead atoms. The highest BCUT2D eigenvalue weighted by atomic mass is 79.9. The second-order valence-corrected chi connectivity index (χ2v) is 10.9. The van der Waals surface area contributed by atoms with Gasteiger partial charge in [0.25, 0.3) is 0 Å². The predicted octanol–water partition coefficient (Wildman–Crippen LogP) is 4.63. The second-order valence-electron chi connectivity index (χ2n) is 7.91. The van der Waals surface area contributed by atoms with Crippen molar-refractivity contribution in [1.82, 2.24) is 9.21 Å². The van der Waals surface area contributed by atoms with Gasteiger partial charge < -0.3 is 9.64 Å². The highest BCUT2D eigenvalue weighted by molar-refractivity contribution is 9.10. The van der Waals surface area contributed by atoms with Gasteiger partial charge in [0.15, 0.2) is 0 Å². The number of ether oxygens (including phenoxy) is 1. The van der Waals surface area contributed by atoms with Crippen LogP contribution in [0.25, 0.3) is 0 Å². The zero-order valence-corrected chi connectivity index (χ0v) is 19.5. The molecule has 7 heteroatoms. The Morgan fingerprint density at radius 1 is 1.13 bits per heavy atom. The van der Waals surface area contributed by atoms with Gasteiger partial charge in [-0.15, -0.1) is 0 Å². The van der Waals surface area contributed by atoms with E-state index in [9.17, 15) is 8.42 Å². The summed E-state index contributed by atoms with van der Waals surface area (Å²) in [6.07, 6.45) is 5.48. The third-order valence-electron chi connectivity index (χ3n) is 6.05. The molecule has 2 atom stereocenters. The SMILES string of the molecule is C[C@@H](c1ccc(Br)cc1)N1C=CC(CCN2CCCS2(=O)=O)(c2ccccc2)OC1. The van der Waals surface area contributed by atoms with Crippen molar-refractivity contribution >= 4 is 26.0 Å². The molecule has 0 spiro atoms. The van der Waals surface area contributed by atoms with Crippen LogP contribution in [0.15, 0.2) is 71.3 Å². The molecule has 4 rings (SSSR count). The average molecular weight is 491 g/mol. The van der Waals surface area contributed by atoms with Crippen LogP contribution in [0.1, 0.15) is 36.9 Å². The predicted molar refractivity (Wildman–Crippen MR) is 122 cm³/mol. The lowest BCUT2D eigenvalue weighted by molar-refractivity contribution is -0.0877. The van der Waals surface area contributed by atoms with E-state index in [2.05, 4.69) is 64.3 Å². The first kappa shape index (κ1) is 21.6. The van der Waals surface area contributed by atoms with Crippen molar-refractivity contribution in [1.29, 1.82) is 0 Å². The van der Waals surface area contributed by atoms with Crippen molar-refractivity contribution in [3.05, 3.63) is 82.5 Å². The number of hydrogen-bond acceptors (Lipinski definition) is 4. The van der Waals surface area contributed by atoms with Crippen molar-refractivity contribution in [3.8, 4) is 0 Å². The van der Waals surface area contributed by atoms with Gasteiger partial charge in [0.05, 0.1) is 11.8 Å². The monoisotopic (exact) mass is 490 g/mol. The van der Waals surface area contributed by atoms with Gasteiger partial charge in [0.1, 0.15) is 12.3 Å². The minimum atomic E-state index is -3.12. The summed E-state index contributed by atoms with van der Waals surface area (Å²) in [7, 11) is -3.12. The minimum Gasteiger partial charge on any atom is -0.348 e. The maximum atomic E-state index is 12.3. The van der Waals surface area contributed by atoms with E-state index >= 15 is 0 Å². The molecular formula is C23H27BrN2O3S. The van der Waals surface area contributed by atoms with Crippen LogP contribution in [0.5, 0.6) is 0 Å². The van der Waals surface area contributed by atoms with Crippen LogP contribution in [0, 0.1) is 0 Å². The van der Waals surface area contributed by atoms with Gasteiger partial charge in [-0.25, -0.2) is 12.7 Å². The van der Waals surface area contributed by atoms with E-state index in [1.165, 1.54) is 5.56 Å². The molecule has 0 aliphatic carbocycles. The normalized spacial score (nSPS) is 24.8. The molecule has 160 valence electrons. The van der Waals surface area contributed by atoms with E-state index in [1.54, 1.807) is 4.31 Å². The van der Waals surface area contributed by atoms with E-state index < -0.39 is 15.6 Å². The maximum Gasteiger partial charge on any atom is 0.214 e. The first-order valence-electron chi connectivity index (χ1n) is 10.3. The molecule has 5 nitrogen and oxygen atoms in total. The second kappa shape index (κ2) is 8.83. The average Bonchev–Trinajstić information content (AvgIpc) is 3.11. The van der Waals surface area contributed by atoms with Crippen LogP contribution >= 0.6 is 15.9 Å². The van der Waals surface area contributed by atoms with E-state index in [0.29, 0.717) is 32.7 Å². The van der Waals surface area contributed by atoms with Gasteiger partial charge in [-0.1, -0.05) is 58.4 Å². The van der Waals surface area contributed by atoms with Gasteiger partial charge in [0, 0.05) is 23.8 Å². The first-order valence-corrected chi connectivity index (χ1v) is 12.7. The fourth-order valence-corrected chi connectivity index (χ4v) is 5.90. The Kier molecular flexibility index (Phi) is 6.34. The fourth-order valence-electron chi connectivity index (χ4n) is 4.10. The number of hydrogen-bond donors (Lipinski definition) is 0. The highest BCUT2D eigenvalue weighted by Crippen LogP contribution is 2.37. The number of nitrogens with zero attached hydrogens (tertiary/aromatic N) is 2. The Balaban J connectivity index is 1.55. The summed E-state index contributed by atoms with van der Waals surface area (Å²) in [5, 5.41) is 0. The highest BCUT2D eigenvalue weighted by Gasteiger charge is 2.37. The van der Waals surface area contributed by atoms with E-state index in [4.69, 9.17) is 4.74 Å². The summed E-state index contributed by atoms with van der Waals surface area (Å²) in [5.74, 6) is 0.251. The van der Waals surface area contributed by atoms with Crippen molar-refractivity contribution in [2.75, 3.05) is 25.6 Å². The van der Waals surface area contributed by atoms with E-state index in [0.717, 1.165) is 10.0 Å². The molecule has 0 amide bonds. The molecule has 2 heterocycles. The molecule has 2 aliphatic rings. The largest absolute Gasteiger partial charge is 0.348 e. The molecular weight excluding hydrogens is 464 g/mol. The molecule has 0 radical (unpaired) electrons. The van der Waals surface area contributed by atoms with Gasteiger partial charge in [-0.05, 0) is 49.1 Å². The zero-order valence-electron chi connectivity index (χ0n) is 17.1. The first-order chi connectivity index (χ1) is 14.4. The van der Waals surface area contributed by atoms with Crippen molar-refractivity contribution in [3.63, 3.8) is 0 Å². The Morgan fingerprint density at radius 2 is 1.87 bits per heavy atom. The van der Waals surface area contributed by atoms with E-state index in [1.807, 2.05) is 30.3 Å². The van der Waals surface area contributed by atoms with Crippen molar-refractivity contribution in [2.45, 2.75) is 31.4 Å². The third kappa shape index (κ3) is 4.49. The summed E-state index contributed by atoms with van der Waals surface area (Å²) in [6.45, 7) is 3.66. The lowest BCUT2D eigenvalue weighted by Crippen LogP contribution is -2.41. The molecule has 0 N–H and O–H groups in total. The summed E-state index contributed by atoms with van der Waals surface area (Å²) < 4.78 is 33.6. The third-order valence-corrected chi connectivity index (χ3v) is 8.54. The van der Waals surface area contributed by atoms with Crippen molar-refractivity contribution in [2.24, 2.45) is 0 Å². The van der Waals surface area contributed by atoms with Crippen molar-refractivity contribution < 1.29 is 13.2 Å². The molecule has 0 saturated carbocycles. The van der Waals surface area contributed by atoms with Gasteiger partial charge in [0.2, 0.25) is 10.0 Å². The molecule has 1 fully saturated rings. The van der Waals surface area contributed by atoms with Crippen LogP contribution in [-0.4, -0.2) is 43.2 Å². The number of sulfonamides is 1. The maximum absolute atomic E-state index is 12.3. The summed E-state index contributed by atoms with van der Waals surface area (Å²) in [4.78, 5) is 2.16. The Bertz CT molecular complexity index is 995. The molecule has 1 saturated heterocycles. The smallest absolute Gasteiger partial charge is 0.214 e. The zero-order chi connectivity index (χ0) is 21.2. The number of rotatable bonds is 6. The Labute approximate surface area is 187 Å². The fraction of sp³-hybridized carbons (Fsp3) is 0.391. The van der Waals surface area contributed by atoms with Crippen LogP contribution in [0.2, 0.25) is 0 Å². The van der Waals surface area contributed by atoms with Gasteiger partial charge in [-0.2, -0.15) is 0 Å². The van der Waals surface area contributed by atoms with Gasteiger partial charge >= 0.3 is 0 Å². The molecule has 2 aromatic rings. The minimum absolute atomic E-state index is 0.169. The molecule has 0 aromatic heterocycles. The molecule has 2 aliphatic heterocycles. The lowest BCUT2D eigenvalue weighted by atomic mass is 9.89. The number of benzene rings is 2. The molecule has 2 aromatic carbocycles. The lowest BCUT2D eigenvalue weighted by Gasteiger charge is -2.41. The number of halogens is 1. The topological polar surface area (TPSA) is 49.9 Å². The summed E-state index contributed by atoms with van der Waals surface area (Å²) in [6, 6.07) is 18.6. The Hall–Kier alpha value is -1.67. The van der Waals surface area contributed by atoms with E-state index in [-0.39, 0.29) is 11.8 Å². The standard InChI is InChI=1S/C23H27BrN2O3S/c1-19(20-8-10-22(24)11-9-20)25-15-12-23(29-18-25,21-6-3-2-4-7-21)13-16-26-14-5-17-30(26,27)28/h2-4,6-12,15,19H,5,13-14,16-18H2,1H3/t19-,23?/m0/s1. The van der Waals surface area contributed by atoms with Crippen LogP contribution < -0.4 is 0 Å². The summed E-state index contributed by atoms with van der Waals surface area (Å²) in [5.41, 5.74) is 1.63. The van der Waals surface area contributed by atoms with Crippen LogP contribution in [-0.2, 0) is 20.4 Å². The van der Waals surface area contributed by atoms with Crippen LogP contribution in [0.3, 0.4) is 0 Å². The molecule has 30 heavy (non-hydrogen) atoms.